The normalized spacial score (nSPS) is 17.5. The lowest BCUT2D eigenvalue weighted by molar-refractivity contribution is 0.230. The summed E-state index contributed by atoms with van der Waals surface area (Å²) in [6, 6.07) is 0. The Morgan fingerprint density at radius 2 is 1.75 bits per heavy atom. The summed E-state index contributed by atoms with van der Waals surface area (Å²) >= 11 is 1.54. The van der Waals surface area contributed by atoms with E-state index < -0.39 is 0 Å². The molecule has 0 amide bonds. The number of hydrogen-bond acceptors (Lipinski definition) is 7. The highest BCUT2D eigenvalue weighted by atomic mass is 32.1. The van der Waals surface area contributed by atoms with Gasteiger partial charge in [-0.25, -0.2) is 9.97 Å². The SMILES string of the molecule is Cc1nc(CN2CCCN(Cc3nc(C(C)C)ns3)CC2)oc1C. The maximum atomic E-state index is 5.72. The van der Waals surface area contributed by atoms with Crippen molar-refractivity contribution in [1.82, 2.24) is 24.1 Å². The molecule has 0 unspecified atom stereocenters. The summed E-state index contributed by atoms with van der Waals surface area (Å²) in [5.41, 5.74) is 0.999. The minimum atomic E-state index is 0.405. The molecule has 2 aromatic heterocycles. The van der Waals surface area contributed by atoms with Crippen LogP contribution in [0.2, 0.25) is 0 Å². The van der Waals surface area contributed by atoms with E-state index in [9.17, 15) is 0 Å². The van der Waals surface area contributed by atoms with Gasteiger partial charge in [-0.3, -0.25) is 9.80 Å². The van der Waals surface area contributed by atoms with Crippen LogP contribution in [-0.2, 0) is 13.1 Å². The molecule has 132 valence electrons. The lowest BCUT2D eigenvalue weighted by atomic mass is 10.2. The molecule has 2 aromatic rings. The molecule has 0 aromatic carbocycles. The van der Waals surface area contributed by atoms with Gasteiger partial charge in [-0.1, -0.05) is 13.8 Å². The highest BCUT2D eigenvalue weighted by molar-refractivity contribution is 7.05. The fourth-order valence-corrected chi connectivity index (χ4v) is 3.72. The Balaban J connectivity index is 1.52. The Hall–Kier alpha value is -1.31. The molecule has 0 aliphatic carbocycles. The molecule has 0 bridgehead atoms. The van der Waals surface area contributed by atoms with Gasteiger partial charge in [0.05, 0.1) is 18.8 Å². The fraction of sp³-hybridized carbons (Fsp3) is 0.706. The van der Waals surface area contributed by atoms with E-state index in [0.29, 0.717) is 5.92 Å². The van der Waals surface area contributed by atoms with Gasteiger partial charge < -0.3 is 4.42 Å². The smallest absolute Gasteiger partial charge is 0.208 e. The van der Waals surface area contributed by atoms with E-state index in [-0.39, 0.29) is 0 Å². The second-order valence-electron chi connectivity index (χ2n) is 6.86. The van der Waals surface area contributed by atoms with Gasteiger partial charge in [0.15, 0.2) is 0 Å². The molecule has 0 N–H and O–H groups in total. The lowest BCUT2D eigenvalue weighted by Gasteiger charge is -2.19. The molecule has 7 heteroatoms. The number of oxazole rings is 1. The van der Waals surface area contributed by atoms with Crippen molar-refractivity contribution in [3.05, 3.63) is 28.2 Å². The Bertz CT molecular complexity index is 646. The van der Waals surface area contributed by atoms with Crippen LogP contribution >= 0.6 is 11.5 Å². The average Bonchev–Trinajstić information content (AvgIpc) is 3.04. The quantitative estimate of drug-likeness (QED) is 0.827. The van der Waals surface area contributed by atoms with Crippen LogP contribution in [0.25, 0.3) is 0 Å². The van der Waals surface area contributed by atoms with E-state index in [0.717, 1.165) is 73.9 Å². The molecule has 1 saturated heterocycles. The first-order chi connectivity index (χ1) is 11.5. The zero-order valence-electron chi connectivity index (χ0n) is 15.1. The molecule has 1 fully saturated rings. The zero-order chi connectivity index (χ0) is 17.1. The van der Waals surface area contributed by atoms with Crippen LogP contribution in [0, 0.1) is 13.8 Å². The van der Waals surface area contributed by atoms with Crippen molar-refractivity contribution < 1.29 is 4.42 Å². The third-order valence-electron chi connectivity index (χ3n) is 4.47. The second-order valence-corrected chi connectivity index (χ2v) is 7.69. The van der Waals surface area contributed by atoms with Crippen molar-refractivity contribution in [3.63, 3.8) is 0 Å². The first kappa shape index (κ1) is 17.5. The zero-order valence-corrected chi connectivity index (χ0v) is 15.9. The van der Waals surface area contributed by atoms with E-state index in [2.05, 4.69) is 38.0 Å². The van der Waals surface area contributed by atoms with Crippen molar-refractivity contribution in [2.24, 2.45) is 0 Å². The van der Waals surface area contributed by atoms with E-state index in [1.165, 1.54) is 0 Å². The summed E-state index contributed by atoms with van der Waals surface area (Å²) in [4.78, 5) is 14.1. The minimum Gasteiger partial charge on any atom is -0.444 e. The highest BCUT2D eigenvalue weighted by Crippen LogP contribution is 2.17. The summed E-state index contributed by atoms with van der Waals surface area (Å²) in [5.74, 6) is 3.14. The van der Waals surface area contributed by atoms with Crippen LogP contribution in [0.15, 0.2) is 4.42 Å². The number of nitrogens with zero attached hydrogens (tertiary/aromatic N) is 5. The molecular weight excluding hydrogens is 322 g/mol. The van der Waals surface area contributed by atoms with Gasteiger partial charge in [0.2, 0.25) is 5.89 Å². The average molecular weight is 350 g/mol. The van der Waals surface area contributed by atoms with Crippen LogP contribution in [0.3, 0.4) is 0 Å². The van der Waals surface area contributed by atoms with Crippen LogP contribution in [0.5, 0.6) is 0 Å². The van der Waals surface area contributed by atoms with Gasteiger partial charge in [0, 0.05) is 19.0 Å². The van der Waals surface area contributed by atoms with E-state index in [4.69, 9.17) is 4.42 Å². The summed E-state index contributed by atoms with van der Waals surface area (Å²) in [6.07, 6.45) is 1.16. The molecule has 6 nitrogen and oxygen atoms in total. The summed E-state index contributed by atoms with van der Waals surface area (Å²) in [7, 11) is 0. The van der Waals surface area contributed by atoms with Gasteiger partial charge in [-0.05, 0) is 44.9 Å². The molecule has 24 heavy (non-hydrogen) atoms. The molecule has 0 atom stereocenters. The van der Waals surface area contributed by atoms with Crippen molar-refractivity contribution in [2.75, 3.05) is 26.2 Å². The molecule has 0 spiro atoms. The van der Waals surface area contributed by atoms with Crippen molar-refractivity contribution in [1.29, 1.82) is 0 Å². The van der Waals surface area contributed by atoms with Crippen LogP contribution < -0.4 is 0 Å². The topological polar surface area (TPSA) is 58.3 Å². The van der Waals surface area contributed by atoms with Crippen molar-refractivity contribution in [2.45, 2.75) is 53.1 Å². The molecule has 1 aliphatic heterocycles. The van der Waals surface area contributed by atoms with Gasteiger partial charge in [-0.15, -0.1) is 0 Å². The Morgan fingerprint density at radius 1 is 1.04 bits per heavy atom. The van der Waals surface area contributed by atoms with Gasteiger partial charge in [0.1, 0.15) is 16.6 Å². The van der Waals surface area contributed by atoms with E-state index in [1.807, 2.05) is 13.8 Å². The molecule has 1 aliphatic rings. The summed E-state index contributed by atoms with van der Waals surface area (Å²) < 4.78 is 10.2. The van der Waals surface area contributed by atoms with Crippen LogP contribution in [-0.4, -0.2) is 50.3 Å². The third-order valence-corrected chi connectivity index (χ3v) is 5.18. The number of aryl methyl sites for hydroxylation is 2. The predicted molar refractivity (Wildman–Crippen MR) is 95.1 cm³/mol. The largest absolute Gasteiger partial charge is 0.444 e. The number of aromatic nitrogens is 3. The van der Waals surface area contributed by atoms with E-state index in [1.54, 1.807) is 11.5 Å². The van der Waals surface area contributed by atoms with Gasteiger partial charge >= 0.3 is 0 Å². The molecule has 3 rings (SSSR count). The number of rotatable bonds is 5. The Morgan fingerprint density at radius 3 is 2.33 bits per heavy atom. The van der Waals surface area contributed by atoms with Gasteiger partial charge in [-0.2, -0.15) is 4.37 Å². The predicted octanol–water partition coefficient (Wildman–Crippen LogP) is 2.97. The van der Waals surface area contributed by atoms with E-state index >= 15 is 0 Å². The Labute approximate surface area is 148 Å². The lowest BCUT2D eigenvalue weighted by Crippen LogP contribution is -2.30. The van der Waals surface area contributed by atoms with Crippen molar-refractivity contribution in [3.8, 4) is 0 Å². The minimum absolute atomic E-state index is 0.405. The highest BCUT2D eigenvalue weighted by Gasteiger charge is 2.19. The maximum absolute atomic E-state index is 5.72. The molecular formula is C17H27N5OS. The molecule has 0 saturated carbocycles. The second kappa shape index (κ2) is 7.72. The summed E-state index contributed by atoms with van der Waals surface area (Å²) in [6.45, 7) is 14.3. The van der Waals surface area contributed by atoms with Crippen LogP contribution in [0.1, 0.15) is 54.4 Å². The first-order valence-electron chi connectivity index (χ1n) is 8.71. The maximum Gasteiger partial charge on any atom is 0.208 e. The third kappa shape index (κ3) is 4.40. The summed E-state index contributed by atoms with van der Waals surface area (Å²) in [5, 5.41) is 1.13. The first-order valence-corrected chi connectivity index (χ1v) is 9.48. The number of hydrogen-bond donors (Lipinski definition) is 0. The molecule has 0 radical (unpaired) electrons. The Kier molecular flexibility index (Phi) is 5.63. The fourth-order valence-electron chi connectivity index (χ4n) is 2.90. The van der Waals surface area contributed by atoms with Crippen LogP contribution in [0.4, 0.5) is 0 Å². The molecule has 3 heterocycles. The standard InChI is InChI=1S/C17H27N5OS/c1-12(2)17-19-16(24-20-17)11-22-7-5-6-21(8-9-22)10-15-18-13(3)14(4)23-15/h12H,5-11H2,1-4H3. The van der Waals surface area contributed by atoms with Gasteiger partial charge in [0.25, 0.3) is 0 Å². The monoisotopic (exact) mass is 349 g/mol. The van der Waals surface area contributed by atoms with Crippen molar-refractivity contribution >= 4 is 11.5 Å².